The highest BCUT2D eigenvalue weighted by Gasteiger charge is 2.18. The van der Waals surface area contributed by atoms with Crippen molar-refractivity contribution in [3.8, 4) is 0 Å². The van der Waals surface area contributed by atoms with Crippen LogP contribution in [0.5, 0.6) is 0 Å². The molecule has 1 aromatic carbocycles. The highest BCUT2D eigenvalue weighted by Crippen LogP contribution is 2.18. The minimum atomic E-state index is -0.360. The lowest BCUT2D eigenvalue weighted by Crippen LogP contribution is -2.16. The number of aryl methyl sites for hydroxylation is 2. The molecular weight excluding hydrogens is 420 g/mol. The molecule has 2 amide bonds. The average molecular weight is 451 g/mol. The Morgan fingerprint density at radius 2 is 1.52 bits per heavy atom. The van der Waals surface area contributed by atoms with Gasteiger partial charge in [0.2, 0.25) is 5.78 Å². The predicted octanol–water partition coefficient (Wildman–Crippen LogP) is 3.92. The van der Waals surface area contributed by atoms with E-state index in [4.69, 9.17) is 0 Å². The number of hydrogen-bond acceptors (Lipinski definition) is 5. The van der Waals surface area contributed by atoms with Gasteiger partial charge in [0.05, 0.1) is 5.69 Å². The predicted molar refractivity (Wildman–Crippen MR) is 129 cm³/mol. The van der Waals surface area contributed by atoms with Crippen LogP contribution in [-0.4, -0.2) is 37.8 Å². The number of imidazole rings is 1. The van der Waals surface area contributed by atoms with Crippen molar-refractivity contribution in [1.29, 1.82) is 0 Å². The third kappa shape index (κ3) is 5.68. The van der Waals surface area contributed by atoms with Gasteiger partial charge in [-0.2, -0.15) is 0 Å². The topological polar surface area (TPSA) is 110 Å². The highest BCUT2D eigenvalue weighted by molar-refractivity contribution is 6.06. The van der Waals surface area contributed by atoms with Gasteiger partial charge in [0.15, 0.2) is 11.6 Å². The first-order valence-corrected chi connectivity index (χ1v) is 10.8. The van der Waals surface area contributed by atoms with E-state index < -0.39 is 0 Å². The van der Waals surface area contributed by atoms with Gasteiger partial charge in [-0.1, -0.05) is 13.8 Å². The number of Topliss-reactive ketones (excluding diaryl/α,β-unsaturated/α-hetero) is 1. The number of ketones is 1. The molecule has 3 N–H and O–H groups in total. The number of nitrogens with zero attached hydrogens (tertiary/aromatic N) is 3. The van der Waals surface area contributed by atoms with Crippen LogP contribution in [0.15, 0.2) is 42.7 Å². The number of nitrogens with one attached hydrogen (secondary N) is 3. The van der Waals surface area contributed by atoms with E-state index >= 15 is 0 Å². The second kappa shape index (κ2) is 9.72. The molecular formula is C24H30N6O3. The second-order valence-corrected chi connectivity index (χ2v) is 8.59. The zero-order chi connectivity index (χ0) is 24.3. The van der Waals surface area contributed by atoms with Crippen molar-refractivity contribution in [1.82, 2.24) is 14.1 Å². The Bertz CT molecular complexity index is 1170. The SMILES string of the molecule is CC(C)Nc1cc(C(=O)Nc2ccc(C(=O)Nc3cn(C)c(C(=O)C(C)C)n3)cc2)n(C)c1. The summed E-state index contributed by atoms with van der Waals surface area (Å²) < 4.78 is 3.36. The molecule has 0 fully saturated rings. The van der Waals surface area contributed by atoms with Crippen LogP contribution < -0.4 is 16.0 Å². The minimum Gasteiger partial charge on any atom is -0.382 e. The van der Waals surface area contributed by atoms with Crippen LogP contribution in [0.25, 0.3) is 0 Å². The summed E-state index contributed by atoms with van der Waals surface area (Å²) in [5.41, 5.74) is 2.36. The van der Waals surface area contributed by atoms with Gasteiger partial charge < -0.3 is 25.1 Å². The standard InChI is InChI=1S/C24H30N6O3/c1-14(2)21(31)22-27-20(13-30(22)6)28-23(32)16-7-9-17(10-8-16)26-24(33)19-11-18(12-29(19)5)25-15(3)4/h7-15,25H,1-6H3,(H,26,33)(H,28,32). The number of amides is 2. The van der Waals surface area contributed by atoms with E-state index in [1.54, 1.807) is 66.6 Å². The van der Waals surface area contributed by atoms with Crippen LogP contribution in [0.3, 0.4) is 0 Å². The molecule has 174 valence electrons. The minimum absolute atomic E-state index is 0.0941. The zero-order valence-corrected chi connectivity index (χ0v) is 19.8. The Morgan fingerprint density at radius 1 is 0.848 bits per heavy atom. The first-order valence-electron chi connectivity index (χ1n) is 10.8. The maximum Gasteiger partial charge on any atom is 0.272 e. The van der Waals surface area contributed by atoms with Gasteiger partial charge >= 0.3 is 0 Å². The normalized spacial score (nSPS) is 11.0. The fraction of sp³-hybridized carbons (Fsp3) is 0.333. The summed E-state index contributed by atoms with van der Waals surface area (Å²) in [7, 11) is 3.52. The molecule has 0 spiro atoms. The van der Waals surface area contributed by atoms with E-state index in [-0.39, 0.29) is 29.6 Å². The molecule has 0 atom stereocenters. The van der Waals surface area contributed by atoms with Gasteiger partial charge in [-0.15, -0.1) is 0 Å². The van der Waals surface area contributed by atoms with E-state index in [9.17, 15) is 14.4 Å². The van der Waals surface area contributed by atoms with Gasteiger partial charge in [-0.05, 0) is 44.2 Å². The summed E-state index contributed by atoms with van der Waals surface area (Å²) in [5, 5.41) is 8.82. The molecule has 0 radical (unpaired) electrons. The number of anilines is 3. The van der Waals surface area contributed by atoms with Crippen LogP contribution in [0, 0.1) is 5.92 Å². The molecule has 0 aliphatic carbocycles. The second-order valence-electron chi connectivity index (χ2n) is 8.59. The van der Waals surface area contributed by atoms with Gasteiger partial charge in [0.1, 0.15) is 5.69 Å². The number of carbonyl (C=O) groups is 3. The molecule has 3 aromatic rings. The number of hydrogen-bond donors (Lipinski definition) is 3. The lowest BCUT2D eigenvalue weighted by atomic mass is 10.1. The summed E-state index contributed by atoms with van der Waals surface area (Å²) in [6.45, 7) is 7.66. The van der Waals surface area contributed by atoms with Gasteiger partial charge in [-0.25, -0.2) is 4.98 Å². The number of aromatic nitrogens is 3. The Kier molecular flexibility index (Phi) is 7.01. The first kappa shape index (κ1) is 23.8. The maximum absolute atomic E-state index is 12.7. The third-order valence-corrected chi connectivity index (χ3v) is 4.96. The number of rotatable bonds is 8. The number of carbonyl (C=O) groups excluding carboxylic acids is 3. The molecule has 0 unspecified atom stereocenters. The molecule has 0 bridgehead atoms. The summed E-state index contributed by atoms with van der Waals surface area (Å²) in [6, 6.07) is 8.61. The lowest BCUT2D eigenvalue weighted by molar-refractivity contribution is 0.0924. The highest BCUT2D eigenvalue weighted by atomic mass is 16.2. The Morgan fingerprint density at radius 3 is 2.12 bits per heavy atom. The lowest BCUT2D eigenvalue weighted by Gasteiger charge is -2.07. The zero-order valence-electron chi connectivity index (χ0n) is 19.8. The molecule has 2 heterocycles. The first-order chi connectivity index (χ1) is 15.5. The van der Waals surface area contributed by atoms with Crippen molar-refractivity contribution in [2.24, 2.45) is 20.0 Å². The Labute approximate surface area is 193 Å². The van der Waals surface area contributed by atoms with Crippen LogP contribution in [0.2, 0.25) is 0 Å². The monoisotopic (exact) mass is 450 g/mol. The van der Waals surface area contributed by atoms with Crippen LogP contribution in [-0.2, 0) is 14.1 Å². The summed E-state index contributed by atoms with van der Waals surface area (Å²) in [4.78, 5) is 41.7. The van der Waals surface area contributed by atoms with Gasteiger partial charge in [0.25, 0.3) is 11.8 Å². The van der Waals surface area contributed by atoms with E-state index in [0.29, 0.717) is 28.6 Å². The Balaban J connectivity index is 1.65. The average Bonchev–Trinajstić information content (AvgIpc) is 3.28. The van der Waals surface area contributed by atoms with Crippen LogP contribution in [0.4, 0.5) is 17.2 Å². The third-order valence-electron chi connectivity index (χ3n) is 4.96. The van der Waals surface area contributed by atoms with Crippen molar-refractivity contribution in [3.63, 3.8) is 0 Å². The summed E-state index contributed by atoms with van der Waals surface area (Å²) >= 11 is 0. The molecule has 9 heteroatoms. The molecule has 0 saturated heterocycles. The summed E-state index contributed by atoms with van der Waals surface area (Å²) in [6.07, 6.45) is 3.46. The van der Waals surface area contributed by atoms with Crippen molar-refractivity contribution in [2.75, 3.05) is 16.0 Å². The number of benzene rings is 1. The fourth-order valence-electron chi connectivity index (χ4n) is 3.30. The van der Waals surface area contributed by atoms with Crippen LogP contribution in [0.1, 0.15) is 59.2 Å². The Hall–Kier alpha value is -3.88. The van der Waals surface area contributed by atoms with Gasteiger partial charge in [-0.3, -0.25) is 14.4 Å². The molecule has 33 heavy (non-hydrogen) atoms. The molecule has 0 aliphatic rings. The molecule has 0 aliphatic heterocycles. The van der Waals surface area contributed by atoms with E-state index in [0.717, 1.165) is 5.69 Å². The quantitative estimate of drug-likeness (QED) is 0.451. The van der Waals surface area contributed by atoms with Gasteiger partial charge in [0, 0.05) is 49.7 Å². The molecule has 0 saturated carbocycles. The van der Waals surface area contributed by atoms with E-state index in [1.165, 1.54) is 0 Å². The van der Waals surface area contributed by atoms with Crippen molar-refractivity contribution < 1.29 is 14.4 Å². The largest absolute Gasteiger partial charge is 0.382 e. The van der Waals surface area contributed by atoms with E-state index in [1.807, 2.05) is 27.1 Å². The molecule has 2 aromatic heterocycles. The maximum atomic E-state index is 12.7. The van der Waals surface area contributed by atoms with Crippen LogP contribution >= 0.6 is 0 Å². The molecule has 9 nitrogen and oxygen atoms in total. The smallest absolute Gasteiger partial charge is 0.272 e. The van der Waals surface area contributed by atoms with Crippen molar-refractivity contribution in [2.45, 2.75) is 33.7 Å². The summed E-state index contributed by atoms with van der Waals surface area (Å²) in [5.74, 6) is -0.290. The fourth-order valence-corrected chi connectivity index (χ4v) is 3.30. The molecule has 3 rings (SSSR count). The van der Waals surface area contributed by atoms with E-state index in [2.05, 4.69) is 20.9 Å². The van der Waals surface area contributed by atoms with Crippen molar-refractivity contribution in [3.05, 3.63) is 59.8 Å². The van der Waals surface area contributed by atoms with Crippen molar-refractivity contribution >= 4 is 34.8 Å².